The number of carbonyl (C=O) groups is 1. The Morgan fingerprint density at radius 1 is 1.27 bits per heavy atom. The Morgan fingerprint density at radius 2 is 1.73 bits per heavy atom. The van der Waals surface area contributed by atoms with E-state index in [0.29, 0.717) is 6.54 Å². The largest absolute Gasteiger partial charge is 0.381 e. The van der Waals surface area contributed by atoms with Gasteiger partial charge in [-0.05, 0) is 33.4 Å². The fourth-order valence-electron chi connectivity index (χ4n) is 1.45. The second kappa shape index (κ2) is 4.94. The van der Waals surface area contributed by atoms with Gasteiger partial charge in [-0.2, -0.15) is 0 Å². The first-order valence-electron chi connectivity index (χ1n) is 5.20. The standard InChI is InChI=1S/C11H24N2O2/c1-10(2,8-13(5)6)7-12-9(14)11(3,4)15/h15H,7-8H2,1-6H3,(H,12,14). The highest BCUT2D eigenvalue weighted by atomic mass is 16.3. The average Bonchev–Trinajstić information content (AvgIpc) is 1.95. The molecule has 0 atom stereocenters. The van der Waals surface area contributed by atoms with Crippen LogP contribution >= 0.6 is 0 Å². The SMILES string of the molecule is CN(C)CC(C)(C)CNC(=O)C(C)(C)O. The molecule has 0 unspecified atom stereocenters. The lowest BCUT2D eigenvalue weighted by molar-refractivity contribution is -0.136. The Hall–Kier alpha value is -0.610. The zero-order chi connectivity index (χ0) is 12.3. The van der Waals surface area contributed by atoms with Crippen LogP contribution in [-0.4, -0.2) is 48.7 Å². The van der Waals surface area contributed by atoms with Crippen molar-refractivity contribution < 1.29 is 9.90 Å². The van der Waals surface area contributed by atoms with Gasteiger partial charge in [-0.3, -0.25) is 4.79 Å². The van der Waals surface area contributed by atoms with Gasteiger partial charge in [-0.25, -0.2) is 0 Å². The van der Waals surface area contributed by atoms with Gasteiger partial charge in [0.05, 0.1) is 0 Å². The van der Waals surface area contributed by atoms with Gasteiger partial charge in [0, 0.05) is 13.1 Å². The lowest BCUT2D eigenvalue weighted by Crippen LogP contribution is -2.47. The summed E-state index contributed by atoms with van der Waals surface area (Å²) in [6.45, 7) is 8.59. The van der Waals surface area contributed by atoms with Crippen molar-refractivity contribution in [2.24, 2.45) is 5.41 Å². The summed E-state index contributed by atoms with van der Waals surface area (Å²) >= 11 is 0. The number of aliphatic hydroxyl groups is 1. The first-order chi connectivity index (χ1) is 6.54. The van der Waals surface area contributed by atoms with E-state index in [4.69, 9.17) is 0 Å². The van der Waals surface area contributed by atoms with Crippen molar-refractivity contribution >= 4 is 5.91 Å². The number of carbonyl (C=O) groups excluding carboxylic acids is 1. The van der Waals surface area contributed by atoms with Crippen molar-refractivity contribution in [3.05, 3.63) is 0 Å². The molecule has 0 aliphatic rings. The van der Waals surface area contributed by atoms with Gasteiger partial charge in [0.1, 0.15) is 5.60 Å². The summed E-state index contributed by atoms with van der Waals surface area (Å²) < 4.78 is 0. The minimum absolute atomic E-state index is 0.00438. The van der Waals surface area contributed by atoms with E-state index < -0.39 is 5.60 Å². The predicted molar refractivity (Wildman–Crippen MR) is 61.6 cm³/mol. The molecule has 4 heteroatoms. The van der Waals surface area contributed by atoms with Gasteiger partial charge in [0.15, 0.2) is 0 Å². The third-order valence-electron chi connectivity index (χ3n) is 2.03. The zero-order valence-corrected chi connectivity index (χ0v) is 10.7. The van der Waals surface area contributed by atoms with E-state index in [1.54, 1.807) is 0 Å². The maximum absolute atomic E-state index is 11.4. The Kier molecular flexibility index (Phi) is 4.74. The lowest BCUT2D eigenvalue weighted by Gasteiger charge is -2.29. The monoisotopic (exact) mass is 216 g/mol. The van der Waals surface area contributed by atoms with E-state index in [2.05, 4.69) is 24.1 Å². The molecule has 0 aliphatic heterocycles. The highest BCUT2D eigenvalue weighted by molar-refractivity contribution is 5.83. The number of amides is 1. The van der Waals surface area contributed by atoms with Crippen LogP contribution in [0, 0.1) is 5.41 Å². The minimum Gasteiger partial charge on any atom is -0.381 e. The second-order valence-corrected chi connectivity index (χ2v) is 5.64. The molecular weight excluding hydrogens is 192 g/mol. The molecule has 1 amide bonds. The van der Waals surface area contributed by atoms with Crippen molar-refractivity contribution in [2.45, 2.75) is 33.3 Å². The van der Waals surface area contributed by atoms with Crippen LogP contribution in [-0.2, 0) is 4.79 Å². The number of rotatable bonds is 5. The maximum atomic E-state index is 11.4. The molecule has 0 aromatic carbocycles. The van der Waals surface area contributed by atoms with E-state index in [1.807, 2.05) is 14.1 Å². The molecule has 0 aromatic rings. The lowest BCUT2D eigenvalue weighted by atomic mass is 9.92. The fraction of sp³-hybridized carbons (Fsp3) is 0.909. The molecule has 0 bridgehead atoms. The van der Waals surface area contributed by atoms with Crippen LogP contribution in [0.3, 0.4) is 0 Å². The van der Waals surface area contributed by atoms with Gasteiger partial charge in [-0.1, -0.05) is 13.8 Å². The predicted octanol–water partition coefficient (Wildman–Crippen LogP) is 0.461. The van der Waals surface area contributed by atoms with Crippen molar-refractivity contribution in [3.63, 3.8) is 0 Å². The van der Waals surface area contributed by atoms with E-state index in [-0.39, 0.29) is 11.3 Å². The summed E-state index contributed by atoms with van der Waals surface area (Å²) in [5.74, 6) is -0.325. The summed E-state index contributed by atoms with van der Waals surface area (Å²) in [6.07, 6.45) is 0. The number of hydrogen-bond donors (Lipinski definition) is 2. The summed E-state index contributed by atoms with van der Waals surface area (Å²) in [6, 6.07) is 0. The number of nitrogens with one attached hydrogen (secondary N) is 1. The molecule has 2 N–H and O–H groups in total. The first kappa shape index (κ1) is 14.4. The molecule has 90 valence electrons. The Labute approximate surface area is 92.7 Å². The third kappa shape index (κ3) is 6.47. The van der Waals surface area contributed by atoms with E-state index in [1.165, 1.54) is 13.8 Å². The summed E-state index contributed by atoms with van der Waals surface area (Å²) in [4.78, 5) is 13.5. The van der Waals surface area contributed by atoms with E-state index in [0.717, 1.165) is 6.54 Å². The van der Waals surface area contributed by atoms with E-state index in [9.17, 15) is 9.90 Å². The van der Waals surface area contributed by atoms with Gasteiger partial charge in [0.25, 0.3) is 5.91 Å². The van der Waals surface area contributed by atoms with Crippen LogP contribution in [0.25, 0.3) is 0 Å². The van der Waals surface area contributed by atoms with Gasteiger partial charge in [-0.15, -0.1) is 0 Å². The van der Waals surface area contributed by atoms with Gasteiger partial charge in [0.2, 0.25) is 0 Å². The van der Waals surface area contributed by atoms with Crippen LogP contribution < -0.4 is 5.32 Å². The molecular formula is C11H24N2O2. The molecule has 0 heterocycles. The summed E-state index contributed by atoms with van der Waals surface area (Å²) in [5, 5.41) is 12.2. The van der Waals surface area contributed by atoms with Crippen LogP contribution in [0.4, 0.5) is 0 Å². The average molecular weight is 216 g/mol. The summed E-state index contributed by atoms with van der Waals surface area (Å²) in [5.41, 5.74) is -1.29. The first-order valence-corrected chi connectivity index (χ1v) is 5.20. The van der Waals surface area contributed by atoms with Crippen LogP contribution in [0.2, 0.25) is 0 Å². The molecule has 0 saturated heterocycles. The molecule has 0 aliphatic carbocycles. The van der Waals surface area contributed by atoms with Crippen LogP contribution in [0.15, 0.2) is 0 Å². The Morgan fingerprint density at radius 3 is 2.07 bits per heavy atom. The normalized spacial score (nSPS) is 13.1. The van der Waals surface area contributed by atoms with Crippen LogP contribution in [0.1, 0.15) is 27.7 Å². The van der Waals surface area contributed by atoms with Crippen molar-refractivity contribution in [3.8, 4) is 0 Å². The van der Waals surface area contributed by atoms with Crippen molar-refractivity contribution in [1.82, 2.24) is 10.2 Å². The van der Waals surface area contributed by atoms with Gasteiger partial charge < -0.3 is 15.3 Å². The molecule has 0 spiro atoms. The molecule has 0 rings (SSSR count). The third-order valence-corrected chi connectivity index (χ3v) is 2.03. The minimum atomic E-state index is -1.30. The van der Waals surface area contributed by atoms with Crippen molar-refractivity contribution in [1.29, 1.82) is 0 Å². The Bertz CT molecular complexity index is 217. The molecule has 0 saturated carbocycles. The molecule has 4 nitrogen and oxygen atoms in total. The highest BCUT2D eigenvalue weighted by Gasteiger charge is 2.26. The van der Waals surface area contributed by atoms with Gasteiger partial charge >= 0.3 is 0 Å². The summed E-state index contributed by atoms with van der Waals surface area (Å²) in [7, 11) is 4.00. The zero-order valence-electron chi connectivity index (χ0n) is 10.7. The quantitative estimate of drug-likeness (QED) is 0.702. The Balaban J connectivity index is 4.10. The highest BCUT2D eigenvalue weighted by Crippen LogP contribution is 2.14. The van der Waals surface area contributed by atoms with Crippen LogP contribution in [0.5, 0.6) is 0 Å². The number of hydrogen-bond acceptors (Lipinski definition) is 3. The van der Waals surface area contributed by atoms with Crippen molar-refractivity contribution in [2.75, 3.05) is 27.2 Å². The molecule has 15 heavy (non-hydrogen) atoms. The smallest absolute Gasteiger partial charge is 0.251 e. The molecule has 0 aromatic heterocycles. The van der Waals surface area contributed by atoms with E-state index >= 15 is 0 Å². The topological polar surface area (TPSA) is 52.6 Å². The number of nitrogens with zero attached hydrogens (tertiary/aromatic N) is 1. The second-order valence-electron chi connectivity index (χ2n) is 5.64. The molecule has 0 fully saturated rings. The fourth-order valence-corrected chi connectivity index (χ4v) is 1.45. The maximum Gasteiger partial charge on any atom is 0.251 e. The molecule has 0 radical (unpaired) electrons.